The first kappa shape index (κ1) is 14.0. The number of hydrogen-bond donors (Lipinski definition) is 1. The van der Waals surface area contributed by atoms with Crippen molar-refractivity contribution in [3.05, 3.63) is 58.1 Å². The Kier molecular flexibility index (Phi) is 4.17. The second kappa shape index (κ2) is 5.67. The number of nitrogens with two attached hydrogens (primary N) is 1. The summed E-state index contributed by atoms with van der Waals surface area (Å²) in [5.74, 6) is -1.72. The molecule has 100 valence electrons. The van der Waals surface area contributed by atoms with Crippen LogP contribution in [0.4, 0.5) is 8.78 Å². The summed E-state index contributed by atoms with van der Waals surface area (Å²) in [7, 11) is 0. The summed E-state index contributed by atoms with van der Waals surface area (Å²) in [5, 5.41) is 0. The molecule has 0 saturated heterocycles. The summed E-state index contributed by atoms with van der Waals surface area (Å²) in [5.41, 5.74) is 6.66. The van der Waals surface area contributed by atoms with Gasteiger partial charge in [0.1, 0.15) is 5.75 Å². The number of halogens is 3. The SMILES string of the molecule is C[C@H](N)c1ccc(Oc2cc(Br)cc(F)c2F)cc1. The number of benzene rings is 2. The number of rotatable bonds is 3. The van der Waals surface area contributed by atoms with Crippen molar-refractivity contribution in [2.75, 3.05) is 0 Å². The average molecular weight is 328 g/mol. The van der Waals surface area contributed by atoms with Crippen LogP contribution < -0.4 is 10.5 Å². The smallest absolute Gasteiger partial charge is 0.201 e. The Hall–Kier alpha value is -1.46. The van der Waals surface area contributed by atoms with Crippen molar-refractivity contribution in [1.29, 1.82) is 0 Å². The van der Waals surface area contributed by atoms with Gasteiger partial charge in [-0.1, -0.05) is 28.1 Å². The molecule has 0 aliphatic carbocycles. The molecule has 2 N–H and O–H groups in total. The van der Waals surface area contributed by atoms with E-state index in [1.54, 1.807) is 24.3 Å². The monoisotopic (exact) mass is 327 g/mol. The maximum atomic E-state index is 13.5. The summed E-state index contributed by atoms with van der Waals surface area (Å²) >= 11 is 3.09. The molecule has 0 spiro atoms. The minimum absolute atomic E-state index is 0.0888. The second-order valence-corrected chi connectivity index (χ2v) is 5.08. The molecule has 0 aliphatic heterocycles. The van der Waals surface area contributed by atoms with E-state index >= 15 is 0 Å². The van der Waals surface area contributed by atoms with Crippen molar-refractivity contribution in [1.82, 2.24) is 0 Å². The Morgan fingerprint density at radius 2 is 1.79 bits per heavy atom. The van der Waals surface area contributed by atoms with Crippen molar-refractivity contribution in [3.63, 3.8) is 0 Å². The fourth-order valence-electron chi connectivity index (χ4n) is 1.57. The molecule has 0 amide bonds. The highest BCUT2D eigenvalue weighted by molar-refractivity contribution is 9.10. The summed E-state index contributed by atoms with van der Waals surface area (Å²) < 4.78 is 32.5. The molecule has 0 fully saturated rings. The van der Waals surface area contributed by atoms with Gasteiger partial charge in [-0.3, -0.25) is 0 Å². The Morgan fingerprint density at radius 1 is 1.16 bits per heavy atom. The Balaban J connectivity index is 2.26. The van der Waals surface area contributed by atoms with Crippen LogP contribution in [0.25, 0.3) is 0 Å². The van der Waals surface area contributed by atoms with Crippen molar-refractivity contribution in [2.45, 2.75) is 13.0 Å². The van der Waals surface area contributed by atoms with E-state index in [-0.39, 0.29) is 11.8 Å². The molecule has 0 saturated carbocycles. The summed E-state index contributed by atoms with van der Waals surface area (Å²) in [6, 6.07) is 9.22. The molecule has 0 heterocycles. The Bertz CT molecular complexity index is 585. The first-order valence-electron chi connectivity index (χ1n) is 5.65. The van der Waals surface area contributed by atoms with Gasteiger partial charge < -0.3 is 10.5 Å². The van der Waals surface area contributed by atoms with Crippen LogP contribution in [0.2, 0.25) is 0 Å². The summed E-state index contributed by atoms with van der Waals surface area (Å²) in [6.07, 6.45) is 0. The molecular weight excluding hydrogens is 316 g/mol. The molecule has 0 aliphatic rings. The van der Waals surface area contributed by atoms with Crippen LogP contribution in [0.15, 0.2) is 40.9 Å². The molecule has 19 heavy (non-hydrogen) atoms. The van der Waals surface area contributed by atoms with Gasteiger partial charge in [0.2, 0.25) is 5.82 Å². The van der Waals surface area contributed by atoms with Crippen molar-refractivity contribution in [3.8, 4) is 11.5 Å². The number of ether oxygens (including phenoxy) is 1. The van der Waals surface area contributed by atoms with Crippen LogP contribution in [-0.4, -0.2) is 0 Å². The highest BCUT2D eigenvalue weighted by atomic mass is 79.9. The van der Waals surface area contributed by atoms with Gasteiger partial charge >= 0.3 is 0 Å². The molecule has 2 aromatic carbocycles. The topological polar surface area (TPSA) is 35.2 Å². The molecule has 0 radical (unpaired) electrons. The molecule has 0 bridgehead atoms. The molecule has 2 aromatic rings. The van der Waals surface area contributed by atoms with E-state index in [4.69, 9.17) is 10.5 Å². The van der Waals surface area contributed by atoms with Crippen molar-refractivity contribution >= 4 is 15.9 Å². The fraction of sp³-hybridized carbons (Fsp3) is 0.143. The van der Waals surface area contributed by atoms with Gasteiger partial charge in [0.05, 0.1) is 0 Å². The average Bonchev–Trinajstić information content (AvgIpc) is 2.36. The van der Waals surface area contributed by atoms with E-state index < -0.39 is 11.6 Å². The largest absolute Gasteiger partial charge is 0.454 e. The molecule has 5 heteroatoms. The lowest BCUT2D eigenvalue weighted by Gasteiger charge is -2.10. The second-order valence-electron chi connectivity index (χ2n) is 4.16. The van der Waals surface area contributed by atoms with Gasteiger partial charge in [-0.2, -0.15) is 4.39 Å². The van der Waals surface area contributed by atoms with E-state index in [0.29, 0.717) is 10.2 Å². The van der Waals surface area contributed by atoms with E-state index in [0.717, 1.165) is 11.6 Å². The first-order valence-corrected chi connectivity index (χ1v) is 6.44. The van der Waals surface area contributed by atoms with Gasteiger partial charge in [0.15, 0.2) is 11.6 Å². The molecule has 2 rings (SSSR count). The van der Waals surface area contributed by atoms with E-state index in [9.17, 15) is 8.78 Å². The summed E-state index contributed by atoms with van der Waals surface area (Å²) in [6.45, 7) is 1.86. The van der Waals surface area contributed by atoms with Crippen LogP contribution in [0.5, 0.6) is 11.5 Å². The Morgan fingerprint density at radius 3 is 2.37 bits per heavy atom. The lowest BCUT2D eigenvalue weighted by Crippen LogP contribution is -2.04. The molecular formula is C14H12BrF2NO. The third-order valence-electron chi connectivity index (χ3n) is 2.59. The van der Waals surface area contributed by atoms with Crippen molar-refractivity contribution in [2.24, 2.45) is 5.73 Å². The highest BCUT2D eigenvalue weighted by Crippen LogP contribution is 2.30. The fourth-order valence-corrected chi connectivity index (χ4v) is 1.98. The Labute approximate surface area is 118 Å². The minimum atomic E-state index is -1.01. The maximum absolute atomic E-state index is 13.5. The normalized spacial score (nSPS) is 12.3. The standard InChI is InChI=1S/C14H12BrF2NO/c1-8(18)9-2-4-11(5-3-9)19-13-7-10(15)6-12(16)14(13)17/h2-8H,18H2,1H3/t8-/m0/s1. The molecule has 0 aromatic heterocycles. The summed E-state index contributed by atoms with van der Waals surface area (Å²) in [4.78, 5) is 0. The van der Waals surface area contributed by atoms with Gasteiger partial charge in [0, 0.05) is 10.5 Å². The van der Waals surface area contributed by atoms with Crippen LogP contribution in [-0.2, 0) is 0 Å². The molecule has 2 nitrogen and oxygen atoms in total. The van der Waals surface area contributed by atoms with Crippen LogP contribution in [0.1, 0.15) is 18.5 Å². The lowest BCUT2D eigenvalue weighted by atomic mass is 10.1. The van der Waals surface area contributed by atoms with Gasteiger partial charge in [0.25, 0.3) is 0 Å². The minimum Gasteiger partial charge on any atom is -0.454 e. The van der Waals surface area contributed by atoms with Gasteiger partial charge in [-0.25, -0.2) is 4.39 Å². The zero-order valence-corrected chi connectivity index (χ0v) is 11.7. The predicted octanol–water partition coefficient (Wildman–Crippen LogP) is 4.54. The van der Waals surface area contributed by atoms with E-state index in [1.165, 1.54) is 6.07 Å². The molecule has 1 atom stereocenters. The zero-order valence-electron chi connectivity index (χ0n) is 10.2. The maximum Gasteiger partial charge on any atom is 0.201 e. The first-order chi connectivity index (χ1) is 8.97. The highest BCUT2D eigenvalue weighted by Gasteiger charge is 2.12. The molecule has 0 unspecified atom stereocenters. The van der Waals surface area contributed by atoms with E-state index in [2.05, 4.69) is 15.9 Å². The number of hydrogen-bond acceptors (Lipinski definition) is 2. The van der Waals surface area contributed by atoms with Crippen molar-refractivity contribution < 1.29 is 13.5 Å². The van der Waals surface area contributed by atoms with Crippen LogP contribution in [0.3, 0.4) is 0 Å². The van der Waals surface area contributed by atoms with Crippen LogP contribution >= 0.6 is 15.9 Å². The quantitative estimate of drug-likeness (QED) is 0.840. The predicted molar refractivity (Wildman–Crippen MR) is 73.2 cm³/mol. The van der Waals surface area contributed by atoms with E-state index in [1.807, 2.05) is 6.92 Å². The zero-order chi connectivity index (χ0) is 14.0. The third-order valence-corrected chi connectivity index (χ3v) is 3.05. The lowest BCUT2D eigenvalue weighted by molar-refractivity contribution is 0.415. The van der Waals surface area contributed by atoms with Gasteiger partial charge in [-0.15, -0.1) is 0 Å². The third kappa shape index (κ3) is 3.30. The van der Waals surface area contributed by atoms with Crippen LogP contribution in [0, 0.1) is 11.6 Å². The van der Waals surface area contributed by atoms with Gasteiger partial charge in [-0.05, 0) is 36.8 Å².